The molecule has 0 radical (unpaired) electrons. The number of nitrogens with zero attached hydrogens (tertiary/aromatic N) is 1. The summed E-state index contributed by atoms with van der Waals surface area (Å²) in [6.45, 7) is 15.0. The standard InChI is InChI=1S/C33H58N2O2/c1-23(6-5-7-24(2)31(14-17-34)35-18-20-37-21-19-35)28-10-11-29-27-9-8-25-22-26(36)12-15-32(25,3)30(27)13-16-33(28,29)4/h8,23-24,26-31,36H,5-7,9-22,34H2,1-4H3/t23-,24?,26+,27+,28-,29+,30+,31?,32+,33-/m1/s1. The first-order valence-electron chi connectivity index (χ1n) is 16.2. The molecule has 4 nitrogen and oxygen atoms in total. The summed E-state index contributed by atoms with van der Waals surface area (Å²) < 4.78 is 5.61. The molecule has 1 saturated heterocycles. The van der Waals surface area contributed by atoms with Crippen LogP contribution in [0.2, 0.25) is 0 Å². The lowest BCUT2D eigenvalue weighted by molar-refractivity contribution is -0.0573. The van der Waals surface area contributed by atoms with E-state index in [9.17, 15) is 5.11 Å². The minimum atomic E-state index is -0.0939. The molecule has 0 aromatic heterocycles. The Bertz CT molecular complexity index is 793. The first kappa shape index (κ1) is 28.1. The van der Waals surface area contributed by atoms with Gasteiger partial charge in [0, 0.05) is 19.1 Å². The third-order valence-corrected chi connectivity index (χ3v) is 12.8. The molecule has 4 fully saturated rings. The van der Waals surface area contributed by atoms with Crippen molar-refractivity contribution in [3.05, 3.63) is 11.6 Å². The Morgan fingerprint density at radius 1 is 1.03 bits per heavy atom. The molecule has 5 rings (SSSR count). The molecule has 37 heavy (non-hydrogen) atoms. The van der Waals surface area contributed by atoms with Gasteiger partial charge in [-0.1, -0.05) is 52.2 Å². The number of morpholine rings is 1. The third kappa shape index (κ3) is 5.35. The van der Waals surface area contributed by atoms with Gasteiger partial charge in [-0.25, -0.2) is 0 Å². The van der Waals surface area contributed by atoms with E-state index in [2.05, 4.69) is 38.7 Å². The smallest absolute Gasteiger partial charge is 0.0594 e. The molecular formula is C33H58N2O2. The quantitative estimate of drug-likeness (QED) is 0.349. The maximum absolute atomic E-state index is 10.3. The first-order valence-corrected chi connectivity index (χ1v) is 16.2. The van der Waals surface area contributed by atoms with Crippen LogP contribution in [0.1, 0.15) is 105 Å². The van der Waals surface area contributed by atoms with Crippen LogP contribution in [0.25, 0.3) is 0 Å². The van der Waals surface area contributed by atoms with E-state index in [4.69, 9.17) is 10.5 Å². The molecule has 0 bridgehead atoms. The maximum Gasteiger partial charge on any atom is 0.0594 e. The summed E-state index contributed by atoms with van der Waals surface area (Å²) in [4.78, 5) is 2.66. The molecule has 3 saturated carbocycles. The number of aliphatic hydroxyl groups excluding tert-OH is 1. The molecule has 0 amide bonds. The van der Waals surface area contributed by atoms with Crippen LogP contribution >= 0.6 is 0 Å². The van der Waals surface area contributed by atoms with Crippen molar-refractivity contribution in [3.63, 3.8) is 0 Å². The predicted molar refractivity (Wildman–Crippen MR) is 153 cm³/mol. The van der Waals surface area contributed by atoms with Crippen molar-refractivity contribution in [2.75, 3.05) is 32.8 Å². The van der Waals surface area contributed by atoms with Gasteiger partial charge in [-0.05, 0) is 117 Å². The van der Waals surface area contributed by atoms with Gasteiger partial charge in [-0.3, -0.25) is 4.90 Å². The average Bonchev–Trinajstić information content (AvgIpc) is 3.25. The zero-order valence-electron chi connectivity index (χ0n) is 24.6. The highest BCUT2D eigenvalue weighted by Crippen LogP contribution is 2.67. The van der Waals surface area contributed by atoms with E-state index in [1.165, 1.54) is 57.8 Å². The highest BCUT2D eigenvalue weighted by atomic mass is 16.5. The van der Waals surface area contributed by atoms with Crippen molar-refractivity contribution in [2.24, 2.45) is 52.1 Å². The Hall–Kier alpha value is -0.420. The topological polar surface area (TPSA) is 58.7 Å². The summed E-state index contributed by atoms with van der Waals surface area (Å²) in [7, 11) is 0. The van der Waals surface area contributed by atoms with Crippen LogP contribution in [0.4, 0.5) is 0 Å². The van der Waals surface area contributed by atoms with Gasteiger partial charge in [0.05, 0.1) is 19.3 Å². The van der Waals surface area contributed by atoms with Crippen LogP contribution in [0.5, 0.6) is 0 Å². The van der Waals surface area contributed by atoms with Crippen LogP contribution in [-0.2, 0) is 4.74 Å². The summed E-state index contributed by atoms with van der Waals surface area (Å²) in [5, 5.41) is 10.3. The summed E-state index contributed by atoms with van der Waals surface area (Å²) in [5.41, 5.74) is 8.55. The Morgan fingerprint density at radius 2 is 1.81 bits per heavy atom. The minimum Gasteiger partial charge on any atom is -0.393 e. The Labute approximate surface area is 228 Å². The normalized spacial score (nSPS) is 42.8. The van der Waals surface area contributed by atoms with E-state index in [0.717, 1.165) is 81.7 Å². The Balaban J connectivity index is 1.17. The molecule has 10 atom stereocenters. The molecule has 0 aromatic carbocycles. The molecular weight excluding hydrogens is 456 g/mol. The number of aliphatic hydroxyl groups is 1. The van der Waals surface area contributed by atoms with Crippen molar-refractivity contribution in [2.45, 2.75) is 117 Å². The fraction of sp³-hybridized carbons (Fsp3) is 0.939. The number of hydrogen-bond acceptors (Lipinski definition) is 4. The number of allylic oxidation sites excluding steroid dienone is 1. The average molecular weight is 515 g/mol. The van der Waals surface area contributed by atoms with Gasteiger partial charge in [0.1, 0.15) is 0 Å². The van der Waals surface area contributed by atoms with Crippen LogP contribution in [0.3, 0.4) is 0 Å². The molecule has 2 unspecified atom stereocenters. The van der Waals surface area contributed by atoms with Crippen molar-refractivity contribution < 1.29 is 9.84 Å². The molecule has 0 spiro atoms. The Kier molecular flexibility index (Phi) is 8.81. The van der Waals surface area contributed by atoms with Gasteiger partial charge < -0.3 is 15.6 Å². The second-order valence-corrected chi connectivity index (χ2v) is 14.6. The second kappa shape index (κ2) is 11.6. The fourth-order valence-electron chi connectivity index (χ4n) is 10.7. The zero-order valence-corrected chi connectivity index (χ0v) is 24.6. The van der Waals surface area contributed by atoms with Gasteiger partial charge in [0.15, 0.2) is 0 Å². The lowest BCUT2D eigenvalue weighted by Gasteiger charge is -2.58. The van der Waals surface area contributed by atoms with Crippen molar-refractivity contribution in [1.29, 1.82) is 0 Å². The number of ether oxygens (including phenoxy) is 1. The van der Waals surface area contributed by atoms with E-state index >= 15 is 0 Å². The minimum absolute atomic E-state index is 0.0939. The van der Waals surface area contributed by atoms with Crippen LogP contribution in [-0.4, -0.2) is 55.0 Å². The summed E-state index contributed by atoms with van der Waals surface area (Å²) >= 11 is 0. The predicted octanol–water partition coefficient (Wildman–Crippen LogP) is 6.42. The number of nitrogens with two attached hydrogens (primary N) is 1. The monoisotopic (exact) mass is 514 g/mol. The largest absolute Gasteiger partial charge is 0.393 e. The van der Waals surface area contributed by atoms with E-state index in [1.807, 2.05) is 0 Å². The highest BCUT2D eigenvalue weighted by Gasteiger charge is 2.59. The molecule has 1 heterocycles. The lowest BCUT2D eigenvalue weighted by atomic mass is 9.47. The lowest BCUT2D eigenvalue weighted by Crippen LogP contribution is -2.50. The number of rotatable bonds is 9. The van der Waals surface area contributed by atoms with E-state index in [1.54, 1.807) is 5.57 Å². The molecule has 5 aliphatic rings. The fourth-order valence-corrected chi connectivity index (χ4v) is 10.7. The van der Waals surface area contributed by atoms with Crippen LogP contribution in [0, 0.1) is 46.3 Å². The van der Waals surface area contributed by atoms with Gasteiger partial charge >= 0.3 is 0 Å². The first-order chi connectivity index (χ1) is 17.8. The maximum atomic E-state index is 10.3. The van der Waals surface area contributed by atoms with Gasteiger partial charge in [0.2, 0.25) is 0 Å². The van der Waals surface area contributed by atoms with E-state index < -0.39 is 0 Å². The summed E-state index contributed by atoms with van der Waals surface area (Å²) in [5.74, 6) is 5.10. The molecule has 3 N–H and O–H groups in total. The SMILES string of the molecule is CC(CCC[C@@H](C)[C@H]1CC[C@H]2[C@@H]3CC=C4C[C@@H](O)CC[C@]4(C)[C@H]3CC[C@]12C)C(CCN)N1CCOCC1. The molecule has 1 aliphatic heterocycles. The molecule has 0 aromatic rings. The van der Waals surface area contributed by atoms with Crippen molar-refractivity contribution in [1.82, 2.24) is 4.90 Å². The summed E-state index contributed by atoms with van der Waals surface area (Å²) in [6.07, 6.45) is 17.9. The van der Waals surface area contributed by atoms with Gasteiger partial charge in [-0.2, -0.15) is 0 Å². The van der Waals surface area contributed by atoms with Crippen LogP contribution < -0.4 is 5.73 Å². The highest BCUT2D eigenvalue weighted by molar-refractivity contribution is 5.25. The summed E-state index contributed by atoms with van der Waals surface area (Å²) in [6, 6.07) is 0.624. The second-order valence-electron chi connectivity index (χ2n) is 14.6. The van der Waals surface area contributed by atoms with Gasteiger partial charge in [-0.15, -0.1) is 0 Å². The van der Waals surface area contributed by atoms with Crippen molar-refractivity contribution in [3.8, 4) is 0 Å². The number of hydrogen-bond donors (Lipinski definition) is 2. The Morgan fingerprint density at radius 3 is 2.57 bits per heavy atom. The van der Waals surface area contributed by atoms with E-state index in [0.29, 0.717) is 22.8 Å². The van der Waals surface area contributed by atoms with Gasteiger partial charge in [0.25, 0.3) is 0 Å². The van der Waals surface area contributed by atoms with Crippen molar-refractivity contribution >= 4 is 0 Å². The zero-order chi connectivity index (χ0) is 26.2. The number of fused-ring (bicyclic) bond motifs is 5. The van der Waals surface area contributed by atoms with Crippen LogP contribution in [0.15, 0.2) is 11.6 Å². The molecule has 4 aliphatic carbocycles. The van der Waals surface area contributed by atoms with E-state index in [-0.39, 0.29) is 6.10 Å². The molecule has 212 valence electrons. The molecule has 4 heteroatoms. The third-order valence-electron chi connectivity index (χ3n) is 12.8.